The maximum atomic E-state index is 11.4. The smallest absolute Gasteiger partial charge is 0.238 e. The number of hydrogen-bond acceptors (Lipinski definition) is 2. The van der Waals surface area contributed by atoms with Crippen LogP contribution in [0.5, 0.6) is 0 Å². The van der Waals surface area contributed by atoms with Gasteiger partial charge in [-0.1, -0.05) is 18.2 Å². The average molecular weight is 297 g/mol. The number of aryl methyl sites for hydroxylation is 1. The summed E-state index contributed by atoms with van der Waals surface area (Å²) in [5.41, 5.74) is 3.06. The van der Waals surface area contributed by atoms with Crippen LogP contribution in [0.25, 0.3) is 21.8 Å². The fourth-order valence-corrected chi connectivity index (χ4v) is 2.76. The molecule has 2 aromatic carbocycles. The van der Waals surface area contributed by atoms with Gasteiger partial charge in [-0.3, -0.25) is 0 Å². The van der Waals surface area contributed by atoms with Gasteiger partial charge >= 0.3 is 0 Å². The van der Waals surface area contributed by atoms with Crippen molar-refractivity contribution in [2.24, 2.45) is 5.14 Å². The number of nitrogens with one attached hydrogen (secondary N) is 1. The number of aromatic nitrogens is 1. The van der Waals surface area contributed by atoms with Crippen LogP contribution in [0.4, 0.5) is 0 Å². The number of fused-ring (bicyclic) bond motifs is 3. The highest BCUT2D eigenvalue weighted by molar-refractivity contribution is 7.89. The molecule has 0 unspecified atom stereocenters. The lowest BCUT2D eigenvalue weighted by Gasteiger charge is -1.98. The quantitative estimate of drug-likeness (QED) is 0.724. The van der Waals surface area contributed by atoms with Crippen LogP contribution in [-0.4, -0.2) is 13.4 Å². The second kappa shape index (κ2) is 4.52. The molecule has 0 saturated carbocycles. The zero-order valence-corrected chi connectivity index (χ0v) is 11.8. The molecule has 0 amide bonds. The van der Waals surface area contributed by atoms with E-state index in [0.29, 0.717) is 0 Å². The summed E-state index contributed by atoms with van der Waals surface area (Å²) in [7, 11) is -3.66. The topological polar surface area (TPSA) is 76.0 Å². The molecule has 19 heavy (non-hydrogen) atoms. The molecule has 3 aromatic rings. The molecule has 3 rings (SSSR count). The molecule has 0 aliphatic heterocycles. The van der Waals surface area contributed by atoms with Gasteiger partial charge in [-0.25, -0.2) is 13.6 Å². The maximum absolute atomic E-state index is 11.4. The van der Waals surface area contributed by atoms with Gasteiger partial charge in [0.15, 0.2) is 0 Å². The number of benzene rings is 2. The minimum Gasteiger partial charge on any atom is -0.354 e. The van der Waals surface area contributed by atoms with Crippen LogP contribution in [0.15, 0.2) is 41.3 Å². The Hall–Kier alpha value is -1.56. The molecule has 0 aliphatic carbocycles. The average Bonchev–Trinajstić information content (AvgIpc) is 2.67. The molecule has 0 fully saturated rings. The highest BCUT2D eigenvalue weighted by atomic mass is 35.5. The molecule has 4 nitrogen and oxygen atoms in total. The van der Waals surface area contributed by atoms with Crippen LogP contribution < -0.4 is 5.14 Å². The van der Waals surface area contributed by atoms with Gasteiger partial charge in [0.25, 0.3) is 0 Å². The van der Waals surface area contributed by atoms with Crippen molar-refractivity contribution < 1.29 is 8.42 Å². The van der Waals surface area contributed by atoms with Gasteiger partial charge in [-0.15, -0.1) is 12.4 Å². The first-order valence-corrected chi connectivity index (χ1v) is 7.05. The fraction of sp³-hybridized carbons (Fsp3) is 0.0769. The Labute approximate surface area is 117 Å². The van der Waals surface area contributed by atoms with E-state index in [1.807, 2.05) is 25.1 Å². The van der Waals surface area contributed by atoms with Crippen molar-refractivity contribution in [1.82, 2.24) is 4.98 Å². The number of nitrogens with two attached hydrogens (primary N) is 1. The summed E-state index contributed by atoms with van der Waals surface area (Å²) in [5, 5.41) is 7.04. The largest absolute Gasteiger partial charge is 0.354 e. The zero-order valence-electron chi connectivity index (χ0n) is 10.2. The first kappa shape index (κ1) is 13.9. The normalized spacial score (nSPS) is 11.7. The Morgan fingerprint density at radius 3 is 2.53 bits per heavy atom. The minimum absolute atomic E-state index is 0. The van der Waals surface area contributed by atoms with Gasteiger partial charge in [0.1, 0.15) is 0 Å². The summed E-state index contributed by atoms with van der Waals surface area (Å²) < 4.78 is 22.7. The molecule has 0 bridgehead atoms. The van der Waals surface area contributed by atoms with E-state index in [2.05, 4.69) is 4.98 Å². The van der Waals surface area contributed by atoms with Gasteiger partial charge in [-0.05, 0) is 30.7 Å². The maximum Gasteiger partial charge on any atom is 0.238 e. The van der Waals surface area contributed by atoms with Crippen molar-refractivity contribution in [3.63, 3.8) is 0 Å². The van der Waals surface area contributed by atoms with Gasteiger partial charge in [0, 0.05) is 21.8 Å². The first-order valence-electron chi connectivity index (χ1n) is 5.51. The van der Waals surface area contributed by atoms with E-state index < -0.39 is 10.0 Å². The van der Waals surface area contributed by atoms with Gasteiger partial charge in [-0.2, -0.15) is 0 Å². The van der Waals surface area contributed by atoms with Crippen molar-refractivity contribution in [3.05, 3.63) is 42.0 Å². The summed E-state index contributed by atoms with van der Waals surface area (Å²) in [6.45, 7) is 2.01. The van der Waals surface area contributed by atoms with Crippen LogP contribution in [-0.2, 0) is 10.0 Å². The van der Waals surface area contributed by atoms with E-state index in [-0.39, 0.29) is 17.3 Å². The monoisotopic (exact) mass is 296 g/mol. The third kappa shape index (κ3) is 2.20. The number of hydrogen-bond donors (Lipinski definition) is 2. The molecule has 0 spiro atoms. The molecule has 0 atom stereocenters. The predicted octanol–water partition coefficient (Wildman–Crippen LogP) is 2.70. The molecular formula is C13H13ClN2O2S. The molecule has 1 aromatic heterocycles. The SMILES string of the molecule is Cc1cccc2c1[nH]c1ccc(S(N)(=O)=O)cc12.Cl. The lowest BCUT2D eigenvalue weighted by Crippen LogP contribution is -2.11. The minimum atomic E-state index is -3.66. The van der Waals surface area contributed by atoms with Gasteiger partial charge in [0.05, 0.1) is 4.90 Å². The number of sulfonamides is 1. The Kier molecular flexibility index (Phi) is 3.30. The van der Waals surface area contributed by atoms with Crippen LogP contribution in [0, 0.1) is 6.92 Å². The zero-order chi connectivity index (χ0) is 12.9. The molecule has 3 N–H and O–H groups in total. The van der Waals surface area contributed by atoms with Crippen molar-refractivity contribution in [2.45, 2.75) is 11.8 Å². The van der Waals surface area contributed by atoms with Gasteiger partial charge in [0.2, 0.25) is 10.0 Å². The van der Waals surface area contributed by atoms with E-state index in [9.17, 15) is 8.42 Å². The number of halogens is 1. The van der Waals surface area contributed by atoms with Crippen molar-refractivity contribution in [3.8, 4) is 0 Å². The molecule has 100 valence electrons. The van der Waals surface area contributed by atoms with Crippen molar-refractivity contribution in [1.29, 1.82) is 0 Å². The van der Waals surface area contributed by atoms with Crippen LogP contribution in [0.3, 0.4) is 0 Å². The third-order valence-corrected chi connectivity index (χ3v) is 4.05. The number of H-pyrrole nitrogens is 1. The number of para-hydroxylation sites is 1. The van der Waals surface area contributed by atoms with Crippen LogP contribution >= 0.6 is 12.4 Å². The Morgan fingerprint density at radius 2 is 1.84 bits per heavy atom. The Balaban J connectivity index is 0.00000133. The highest BCUT2D eigenvalue weighted by Crippen LogP contribution is 2.28. The second-order valence-electron chi connectivity index (χ2n) is 4.37. The van der Waals surface area contributed by atoms with E-state index in [0.717, 1.165) is 27.4 Å². The highest BCUT2D eigenvalue weighted by Gasteiger charge is 2.11. The summed E-state index contributed by atoms with van der Waals surface area (Å²) >= 11 is 0. The summed E-state index contributed by atoms with van der Waals surface area (Å²) in [4.78, 5) is 3.43. The van der Waals surface area contributed by atoms with E-state index in [4.69, 9.17) is 5.14 Å². The number of primary sulfonamides is 1. The van der Waals surface area contributed by atoms with Crippen molar-refractivity contribution >= 4 is 44.2 Å². The van der Waals surface area contributed by atoms with Crippen LogP contribution in [0.2, 0.25) is 0 Å². The molecule has 0 aliphatic rings. The van der Waals surface area contributed by atoms with E-state index >= 15 is 0 Å². The summed E-state index contributed by atoms with van der Waals surface area (Å²) in [6, 6.07) is 10.8. The number of aromatic amines is 1. The third-order valence-electron chi connectivity index (χ3n) is 3.14. The lowest BCUT2D eigenvalue weighted by molar-refractivity contribution is 0.598. The lowest BCUT2D eigenvalue weighted by atomic mass is 10.1. The summed E-state index contributed by atoms with van der Waals surface area (Å²) in [5.74, 6) is 0. The first-order chi connectivity index (χ1) is 8.47. The predicted molar refractivity (Wildman–Crippen MR) is 79.2 cm³/mol. The number of rotatable bonds is 1. The van der Waals surface area contributed by atoms with Crippen LogP contribution in [0.1, 0.15) is 5.56 Å². The van der Waals surface area contributed by atoms with E-state index in [1.165, 1.54) is 6.07 Å². The molecular weight excluding hydrogens is 284 g/mol. The van der Waals surface area contributed by atoms with E-state index in [1.54, 1.807) is 12.1 Å². The second-order valence-corrected chi connectivity index (χ2v) is 5.94. The fourth-order valence-electron chi connectivity index (χ4n) is 2.22. The molecule has 1 heterocycles. The Bertz CT molecular complexity index is 869. The Morgan fingerprint density at radius 1 is 1.11 bits per heavy atom. The molecule has 6 heteroatoms. The van der Waals surface area contributed by atoms with Gasteiger partial charge < -0.3 is 4.98 Å². The standard InChI is InChI=1S/C13H12N2O2S.ClH/c1-8-3-2-4-10-11-7-9(18(14,16)17)5-6-12(11)15-13(8)10;/h2-7,15H,1H3,(H2,14,16,17);1H. The molecule has 0 radical (unpaired) electrons. The van der Waals surface area contributed by atoms with Crippen molar-refractivity contribution in [2.75, 3.05) is 0 Å². The molecule has 0 saturated heterocycles. The summed E-state index contributed by atoms with van der Waals surface area (Å²) in [6.07, 6.45) is 0.